The topological polar surface area (TPSA) is 107 Å². The van der Waals surface area contributed by atoms with Gasteiger partial charge in [-0.1, -0.05) is 13.3 Å². The number of hydrogen-bond acceptors (Lipinski definition) is 7. The summed E-state index contributed by atoms with van der Waals surface area (Å²) in [5.74, 6) is 7.41. The van der Waals surface area contributed by atoms with Crippen LogP contribution in [0.3, 0.4) is 0 Å². The molecular weight excluding hydrogens is 406 g/mol. The van der Waals surface area contributed by atoms with Crippen LogP contribution in [0.4, 0.5) is 4.79 Å². The zero-order valence-electron chi connectivity index (χ0n) is 20.2. The van der Waals surface area contributed by atoms with E-state index in [0.29, 0.717) is 23.0 Å². The third kappa shape index (κ3) is 5.46. The lowest BCUT2D eigenvalue weighted by atomic mass is 9.70. The fraction of sp³-hybridized carbons (Fsp3) is 0.667. The first-order valence-electron chi connectivity index (χ1n) is 11.6. The lowest BCUT2D eigenvalue weighted by Crippen LogP contribution is -2.55. The molecule has 0 saturated heterocycles. The first-order chi connectivity index (χ1) is 15.1. The summed E-state index contributed by atoms with van der Waals surface area (Å²) in [6.07, 6.45) is 7.69. The predicted octanol–water partition coefficient (Wildman–Crippen LogP) is 3.79. The van der Waals surface area contributed by atoms with Crippen molar-refractivity contribution < 1.29 is 14.3 Å². The van der Waals surface area contributed by atoms with Crippen molar-refractivity contribution in [3.8, 4) is 5.75 Å². The summed E-state index contributed by atoms with van der Waals surface area (Å²) in [7, 11) is 3.45. The molecule has 1 heterocycles. The lowest BCUT2D eigenvalue weighted by Gasteiger charge is -2.49. The Morgan fingerprint density at radius 3 is 2.44 bits per heavy atom. The van der Waals surface area contributed by atoms with E-state index in [1.807, 2.05) is 19.1 Å². The Hall–Kier alpha value is -2.48. The summed E-state index contributed by atoms with van der Waals surface area (Å²) < 4.78 is 11.7. The molecule has 8 heteroatoms. The van der Waals surface area contributed by atoms with Crippen LogP contribution in [0.5, 0.6) is 5.75 Å². The molecular formula is C24H39N5O3. The Balaban J connectivity index is 1.68. The van der Waals surface area contributed by atoms with E-state index in [9.17, 15) is 4.79 Å². The minimum Gasteiger partial charge on any atom is -0.489 e. The number of aryl methyl sites for hydroxylation is 1. The Labute approximate surface area is 191 Å². The summed E-state index contributed by atoms with van der Waals surface area (Å²) in [6, 6.07) is 3.74. The average molecular weight is 446 g/mol. The van der Waals surface area contributed by atoms with Crippen LogP contribution in [0, 0.1) is 12.8 Å². The molecule has 1 amide bonds. The summed E-state index contributed by atoms with van der Waals surface area (Å²) in [4.78, 5) is 18.9. The van der Waals surface area contributed by atoms with Gasteiger partial charge in [-0.3, -0.25) is 0 Å². The van der Waals surface area contributed by atoms with Crippen LogP contribution in [-0.2, 0) is 4.74 Å². The maximum absolute atomic E-state index is 12.6. The fourth-order valence-corrected chi connectivity index (χ4v) is 4.87. The molecule has 8 nitrogen and oxygen atoms in total. The monoisotopic (exact) mass is 445 g/mol. The summed E-state index contributed by atoms with van der Waals surface area (Å²) in [5.41, 5.74) is 8.46. The standard InChI is InChI=1S/C24H39N5O3/c1-16-13-24(3,14-16)28(4)23(30)31-15-20(29(5)26)22(25)19-11-12-21(17(2)27-19)32-18-9-7-6-8-10-18/h11-12,16,18H,6-10,13-15,25-26H2,1-5H3/b22-20-. The molecule has 2 fully saturated rings. The second-order valence-electron chi connectivity index (χ2n) is 9.75. The Morgan fingerprint density at radius 2 is 1.88 bits per heavy atom. The molecule has 0 radical (unpaired) electrons. The van der Waals surface area contributed by atoms with E-state index >= 15 is 0 Å². The average Bonchev–Trinajstić information content (AvgIpc) is 2.74. The number of carbonyl (C=O) groups excluding carboxylic acids is 1. The van der Waals surface area contributed by atoms with Gasteiger partial charge in [0.2, 0.25) is 0 Å². The highest BCUT2D eigenvalue weighted by Gasteiger charge is 2.43. The first-order valence-corrected chi connectivity index (χ1v) is 11.6. The number of hydrogen-bond donors (Lipinski definition) is 2. The van der Waals surface area contributed by atoms with Crippen LogP contribution in [-0.4, -0.2) is 53.3 Å². The zero-order valence-corrected chi connectivity index (χ0v) is 20.2. The summed E-state index contributed by atoms with van der Waals surface area (Å²) >= 11 is 0. The number of aromatic nitrogens is 1. The van der Waals surface area contributed by atoms with E-state index in [2.05, 4.69) is 18.8 Å². The van der Waals surface area contributed by atoms with Crippen LogP contribution >= 0.6 is 0 Å². The molecule has 0 aliphatic heterocycles. The van der Waals surface area contributed by atoms with Gasteiger partial charge in [-0.25, -0.2) is 15.6 Å². The molecule has 0 bridgehead atoms. The normalized spacial score (nSPS) is 24.2. The number of hydrazine groups is 1. The second-order valence-corrected chi connectivity index (χ2v) is 9.75. The van der Waals surface area contributed by atoms with Gasteiger partial charge < -0.3 is 25.1 Å². The second kappa shape index (κ2) is 9.98. The van der Waals surface area contributed by atoms with Crippen LogP contribution in [0.25, 0.3) is 5.70 Å². The molecule has 178 valence electrons. The number of ether oxygens (including phenoxy) is 2. The highest BCUT2D eigenvalue weighted by atomic mass is 16.6. The largest absolute Gasteiger partial charge is 0.489 e. The molecule has 1 aromatic rings. The molecule has 0 aromatic carbocycles. The van der Waals surface area contributed by atoms with E-state index in [1.54, 1.807) is 19.0 Å². The molecule has 2 aliphatic rings. The molecule has 32 heavy (non-hydrogen) atoms. The Morgan fingerprint density at radius 1 is 1.22 bits per heavy atom. The lowest BCUT2D eigenvalue weighted by molar-refractivity contribution is 0.00878. The van der Waals surface area contributed by atoms with Gasteiger partial charge in [-0.2, -0.15) is 0 Å². The summed E-state index contributed by atoms with van der Waals surface area (Å²) in [6.45, 7) is 6.15. The SMILES string of the molecule is Cc1nc(/C(N)=C(\COC(=O)N(C)C2(C)CC(C)C2)N(C)N)ccc1OC1CCCCC1. The van der Waals surface area contributed by atoms with Crippen molar-refractivity contribution in [3.05, 3.63) is 29.2 Å². The van der Waals surface area contributed by atoms with Gasteiger partial charge in [-0.05, 0) is 70.4 Å². The van der Waals surface area contributed by atoms with Gasteiger partial charge in [0.1, 0.15) is 12.4 Å². The third-order valence-corrected chi connectivity index (χ3v) is 6.89. The third-order valence-electron chi connectivity index (χ3n) is 6.89. The zero-order chi connectivity index (χ0) is 23.5. The minimum atomic E-state index is -0.382. The van der Waals surface area contributed by atoms with Gasteiger partial charge in [-0.15, -0.1) is 0 Å². The number of amides is 1. The van der Waals surface area contributed by atoms with Crippen LogP contribution in [0.15, 0.2) is 17.8 Å². The summed E-state index contributed by atoms with van der Waals surface area (Å²) in [5, 5.41) is 1.37. The maximum atomic E-state index is 12.6. The van der Waals surface area contributed by atoms with Crippen LogP contribution in [0.1, 0.15) is 70.2 Å². The fourth-order valence-electron chi connectivity index (χ4n) is 4.87. The molecule has 2 aliphatic carbocycles. The van der Waals surface area contributed by atoms with E-state index in [4.69, 9.17) is 21.1 Å². The molecule has 4 N–H and O–H groups in total. The Kier molecular flexibility index (Phi) is 7.54. The number of nitrogens with zero attached hydrogens (tertiary/aromatic N) is 3. The van der Waals surface area contributed by atoms with Crippen molar-refractivity contribution in [3.63, 3.8) is 0 Å². The number of carbonyl (C=O) groups is 1. The maximum Gasteiger partial charge on any atom is 0.410 e. The van der Waals surface area contributed by atoms with Crippen molar-refractivity contribution in [2.24, 2.45) is 17.5 Å². The van der Waals surface area contributed by atoms with E-state index < -0.39 is 0 Å². The number of nitrogens with two attached hydrogens (primary N) is 2. The molecule has 2 saturated carbocycles. The molecule has 0 spiro atoms. The molecule has 0 atom stereocenters. The van der Waals surface area contributed by atoms with E-state index in [-0.39, 0.29) is 24.3 Å². The van der Waals surface area contributed by atoms with Gasteiger partial charge in [0, 0.05) is 19.6 Å². The van der Waals surface area contributed by atoms with Crippen molar-refractivity contribution in [2.45, 2.75) is 77.4 Å². The highest BCUT2D eigenvalue weighted by Crippen LogP contribution is 2.41. The van der Waals surface area contributed by atoms with Crippen molar-refractivity contribution in [2.75, 3.05) is 20.7 Å². The first kappa shape index (κ1) is 24.2. The quantitative estimate of drug-likeness (QED) is 0.486. The number of rotatable bonds is 7. The highest BCUT2D eigenvalue weighted by molar-refractivity contribution is 5.70. The van der Waals surface area contributed by atoms with Gasteiger partial charge in [0.05, 0.1) is 28.9 Å². The predicted molar refractivity (Wildman–Crippen MR) is 125 cm³/mol. The number of likely N-dealkylation sites (N-methyl/N-ethyl adjacent to an activating group) is 1. The van der Waals surface area contributed by atoms with E-state index in [1.165, 1.54) is 24.3 Å². The van der Waals surface area contributed by atoms with Crippen LogP contribution in [0.2, 0.25) is 0 Å². The van der Waals surface area contributed by atoms with Crippen molar-refractivity contribution in [1.82, 2.24) is 14.9 Å². The van der Waals surface area contributed by atoms with Crippen molar-refractivity contribution >= 4 is 11.8 Å². The van der Waals surface area contributed by atoms with Crippen molar-refractivity contribution in [1.29, 1.82) is 0 Å². The minimum absolute atomic E-state index is 0.0330. The molecule has 0 unspecified atom stereocenters. The molecule has 1 aromatic heterocycles. The van der Waals surface area contributed by atoms with Gasteiger partial charge >= 0.3 is 6.09 Å². The smallest absolute Gasteiger partial charge is 0.410 e. The van der Waals surface area contributed by atoms with Gasteiger partial charge in [0.25, 0.3) is 0 Å². The Bertz CT molecular complexity index is 842. The van der Waals surface area contributed by atoms with Gasteiger partial charge in [0.15, 0.2) is 0 Å². The van der Waals surface area contributed by atoms with E-state index in [0.717, 1.165) is 37.1 Å². The molecule has 3 rings (SSSR count). The number of pyridine rings is 1. The van der Waals surface area contributed by atoms with Crippen LogP contribution < -0.4 is 16.3 Å².